The molecule has 148 valence electrons. The fraction of sp³-hybridized carbons (Fsp3) is 0.348. The second-order valence-corrected chi connectivity index (χ2v) is 6.89. The Hall–Kier alpha value is -2.79. The highest BCUT2D eigenvalue weighted by Crippen LogP contribution is 2.34. The maximum atomic E-state index is 5.59. The number of ether oxygens (including phenoxy) is 2. The minimum Gasteiger partial charge on any atom is -0.497 e. The molecule has 0 fully saturated rings. The molecule has 0 bridgehead atoms. The fourth-order valence-corrected chi connectivity index (χ4v) is 3.35. The number of hydrogen-bond donors (Lipinski definition) is 1. The highest BCUT2D eigenvalue weighted by molar-refractivity contribution is 5.71. The SMILES string of the molecule is CCCCN(Cc1ccccc1)Cc1cn[nH]c1-c1ccc(OC)cc1OC. The summed E-state index contributed by atoms with van der Waals surface area (Å²) >= 11 is 0. The quantitative estimate of drug-likeness (QED) is 0.544. The lowest BCUT2D eigenvalue weighted by Crippen LogP contribution is -2.24. The van der Waals surface area contributed by atoms with Crippen LogP contribution in [-0.2, 0) is 13.1 Å². The van der Waals surface area contributed by atoms with Gasteiger partial charge >= 0.3 is 0 Å². The first-order valence-corrected chi connectivity index (χ1v) is 9.76. The number of benzene rings is 2. The molecule has 1 N–H and O–H groups in total. The summed E-state index contributed by atoms with van der Waals surface area (Å²) in [7, 11) is 3.34. The van der Waals surface area contributed by atoms with Gasteiger partial charge in [-0.3, -0.25) is 10.00 Å². The van der Waals surface area contributed by atoms with Crippen molar-refractivity contribution in [2.24, 2.45) is 0 Å². The van der Waals surface area contributed by atoms with Crippen molar-refractivity contribution < 1.29 is 9.47 Å². The van der Waals surface area contributed by atoms with E-state index in [4.69, 9.17) is 9.47 Å². The zero-order valence-corrected chi connectivity index (χ0v) is 16.9. The van der Waals surface area contributed by atoms with Gasteiger partial charge in [0, 0.05) is 30.3 Å². The summed E-state index contributed by atoms with van der Waals surface area (Å²) in [6, 6.07) is 16.5. The van der Waals surface area contributed by atoms with E-state index in [0.29, 0.717) is 0 Å². The number of hydrogen-bond acceptors (Lipinski definition) is 4. The number of nitrogens with one attached hydrogen (secondary N) is 1. The van der Waals surface area contributed by atoms with Crippen LogP contribution in [0.4, 0.5) is 0 Å². The van der Waals surface area contributed by atoms with E-state index in [1.165, 1.54) is 18.4 Å². The molecule has 0 aliphatic carbocycles. The van der Waals surface area contributed by atoms with Gasteiger partial charge < -0.3 is 9.47 Å². The molecular weight excluding hydrogens is 350 g/mol. The summed E-state index contributed by atoms with van der Waals surface area (Å²) in [5.74, 6) is 1.54. The topological polar surface area (TPSA) is 50.4 Å². The first-order chi connectivity index (χ1) is 13.7. The molecule has 0 radical (unpaired) electrons. The van der Waals surface area contributed by atoms with Gasteiger partial charge in [-0.15, -0.1) is 0 Å². The van der Waals surface area contributed by atoms with Crippen LogP contribution < -0.4 is 9.47 Å². The molecule has 3 rings (SSSR count). The predicted octanol–water partition coefficient (Wildman–Crippen LogP) is 4.90. The Morgan fingerprint density at radius 3 is 2.54 bits per heavy atom. The number of aromatic nitrogens is 2. The van der Waals surface area contributed by atoms with E-state index in [2.05, 4.69) is 52.4 Å². The number of aromatic amines is 1. The molecule has 0 aliphatic heterocycles. The van der Waals surface area contributed by atoms with Crippen LogP contribution in [0.3, 0.4) is 0 Å². The van der Waals surface area contributed by atoms with Gasteiger partial charge in [0.2, 0.25) is 0 Å². The van der Waals surface area contributed by atoms with Gasteiger partial charge in [0.05, 0.1) is 26.1 Å². The Morgan fingerprint density at radius 2 is 1.82 bits per heavy atom. The molecule has 28 heavy (non-hydrogen) atoms. The van der Waals surface area contributed by atoms with Crippen LogP contribution in [0.5, 0.6) is 11.5 Å². The monoisotopic (exact) mass is 379 g/mol. The Balaban J connectivity index is 1.84. The number of rotatable bonds is 10. The van der Waals surface area contributed by atoms with Crippen molar-refractivity contribution in [1.29, 1.82) is 0 Å². The number of H-pyrrole nitrogens is 1. The zero-order chi connectivity index (χ0) is 19.8. The van der Waals surface area contributed by atoms with E-state index in [9.17, 15) is 0 Å². The lowest BCUT2D eigenvalue weighted by molar-refractivity contribution is 0.253. The second kappa shape index (κ2) is 9.95. The third-order valence-electron chi connectivity index (χ3n) is 4.87. The van der Waals surface area contributed by atoms with Gasteiger partial charge in [-0.25, -0.2) is 0 Å². The van der Waals surface area contributed by atoms with Gasteiger partial charge in [-0.2, -0.15) is 5.10 Å². The second-order valence-electron chi connectivity index (χ2n) is 6.89. The highest BCUT2D eigenvalue weighted by atomic mass is 16.5. The van der Waals surface area contributed by atoms with Gasteiger partial charge in [0.15, 0.2) is 0 Å². The molecule has 5 heteroatoms. The van der Waals surface area contributed by atoms with E-state index >= 15 is 0 Å². The van der Waals surface area contributed by atoms with Crippen molar-refractivity contribution in [2.45, 2.75) is 32.9 Å². The summed E-state index contributed by atoms with van der Waals surface area (Å²) < 4.78 is 10.9. The third kappa shape index (κ3) is 4.93. The third-order valence-corrected chi connectivity index (χ3v) is 4.87. The van der Waals surface area contributed by atoms with Gasteiger partial charge in [-0.1, -0.05) is 43.7 Å². The largest absolute Gasteiger partial charge is 0.497 e. The summed E-state index contributed by atoms with van der Waals surface area (Å²) in [6.07, 6.45) is 4.27. The van der Waals surface area contributed by atoms with Crippen molar-refractivity contribution in [3.8, 4) is 22.8 Å². The van der Waals surface area contributed by atoms with Gasteiger partial charge in [-0.05, 0) is 30.7 Å². The van der Waals surface area contributed by atoms with Crippen molar-refractivity contribution in [3.63, 3.8) is 0 Å². The first-order valence-electron chi connectivity index (χ1n) is 9.76. The predicted molar refractivity (Wildman–Crippen MR) is 113 cm³/mol. The zero-order valence-electron chi connectivity index (χ0n) is 16.9. The van der Waals surface area contributed by atoms with Crippen molar-refractivity contribution in [2.75, 3.05) is 20.8 Å². The summed E-state index contributed by atoms with van der Waals surface area (Å²) in [4.78, 5) is 2.48. The molecule has 0 atom stereocenters. The fourth-order valence-electron chi connectivity index (χ4n) is 3.35. The van der Waals surface area contributed by atoms with E-state index < -0.39 is 0 Å². The maximum Gasteiger partial charge on any atom is 0.131 e. The Bertz CT molecular complexity index is 861. The lowest BCUT2D eigenvalue weighted by Gasteiger charge is -2.22. The Morgan fingerprint density at radius 1 is 1.00 bits per heavy atom. The van der Waals surface area contributed by atoms with Crippen LogP contribution in [0.2, 0.25) is 0 Å². The van der Waals surface area contributed by atoms with E-state index in [1.54, 1.807) is 14.2 Å². The molecule has 0 saturated carbocycles. The average Bonchev–Trinajstić information content (AvgIpc) is 3.20. The van der Waals surface area contributed by atoms with Crippen LogP contribution in [0.1, 0.15) is 30.9 Å². The number of methoxy groups -OCH3 is 2. The minimum absolute atomic E-state index is 0.771. The smallest absolute Gasteiger partial charge is 0.131 e. The molecule has 0 unspecified atom stereocenters. The number of unbranched alkanes of at least 4 members (excludes halogenated alkanes) is 1. The molecule has 1 heterocycles. The van der Waals surface area contributed by atoms with Crippen LogP contribution in [0, 0.1) is 0 Å². The Kier molecular flexibility index (Phi) is 7.09. The molecule has 0 amide bonds. The standard InChI is InChI=1S/C23H29N3O2/c1-4-5-13-26(16-18-9-7-6-8-10-18)17-19-15-24-25-23(19)21-12-11-20(27-2)14-22(21)28-3/h6-12,14-15H,4-5,13,16-17H2,1-3H3,(H,24,25). The minimum atomic E-state index is 0.771. The van der Waals surface area contributed by atoms with Crippen molar-refractivity contribution in [3.05, 3.63) is 65.9 Å². The summed E-state index contributed by atoms with van der Waals surface area (Å²) in [5, 5.41) is 7.48. The van der Waals surface area contributed by atoms with E-state index in [1.807, 2.05) is 24.4 Å². The normalized spacial score (nSPS) is 11.0. The van der Waals surface area contributed by atoms with Gasteiger partial charge in [0.25, 0.3) is 0 Å². The Labute approximate surface area is 167 Å². The molecule has 5 nitrogen and oxygen atoms in total. The van der Waals surface area contributed by atoms with Crippen LogP contribution in [-0.4, -0.2) is 35.9 Å². The van der Waals surface area contributed by atoms with Crippen molar-refractivity contribution >= 4 is 0 Å². The average molecular weight is 380 g/mol. The molecular formula is C23H29N3O2. The van der Waals surface area contributed by atoms with Crippen LogP contribution in [0.25, 0.3) is 11.3 Å². The van der Waals surface area contributed by atoms with Crippen LogP contribution >= 0.6 is 0 Å². The molecule has 1 aromatic heterocycles. The van der Waals surface area contributed by atoms with E-state index in [0.717, 1.165) is 48.0 Å². The van der Waals surface area contributed by atoms with Gasteiger partial charge in [0.1, 0.15) is 11.5 Å². The summed E-state index contributed by atoms with van der Waals surface area (Å²) in [5.41, 5.74) is 4.47. The maximum absolute atomic E-state index is 5.59. The number of nitrogens with zero attached hydrogens (tertiary/aromatic N) is 2. The lowest BCUT2D eigenvalue weighted by atomic mass is 10.1. The molecule has 2 aromatic carbocycles. The van der Waals surface area contributed by atoms with E-state index in [-0.39, 0.29) is 0 Å². The van der Waals surface area contributed by atoms with Crippen LogP contribution in [0.15, 0.2) is 54.7 Å². The molecule has 0 saturated heterocycles. The highest BCUT2D eigenvalue weighted by Gasteiger charge is 2.16. The molecule has 3 aromatic rings. The molecule has 0 aliphatic rings. The first kappa shape index (κ1) is 20.0. The summed E-state index contributed by atoms with van der Waals surface area (Å²) in [6.45, 7) is 5.03. The molecule has 0 spiro atoms. The van der Waals surface area contributed by atoms with Crippen molar-refractivity contribution in [1.82, 2.24) is 15.1 Å².